The van der Waals surface area contributed by atoms with Gasteiger partial charge >= 0.3 is 0 Å². The zero-order valence-electron chi connectivity index (χ0n) is 28.7. The Morgan fingerprint density at radius 1 is 0.358 bits per heavy atom. The Hall–Kier alpha value is -7.10. The molecular weight excluding hydrogens is 643 g/mol. The first kappa shape index (κ1) is 29.6. The molecule has 0 aliphatic rings. The first-order valence-electron chi connectivity index (χ1n) is 18.1. The van der Waals surface area contributed by atoms with E-state index in [2.05, 4.69) is 193 Å². The van der Waals surface area contributed by atoms with E-state index >= 15 is 0 Å². The van der Waals surface area contributed by atoms with Crippen LogP contribution in [0, 0.1) is 0 Å². The van der Waals surface area contributed by atoms with Crippen LogP contribution in [0.2, 0.25) is 0 Å². The van der Waals surface area contributed by atoms with Crippen LogP contribution in [-0.4, -0.2) is 14.5 Å². The summed E-state index contributed by atoms with van der Waals surface area (Å²) in [6, 6.07) is 67.3. The molecule has 2 heterocycles. The Morgan fingerprint density at radius 3 is 1.64 bits per heavy atom. The summed E-state index contributed by atoms with van der Waals surface area (Å²) in [5.74, 6) is 0.714. The molecule has 0 spiro atoms. The van der Waals surface area contributed by atoms with E-state index in [-0.39, 0.29) is 0 Å². The van der Waals surface area contributed by atoms with Crippen molar-refractivity contribution < 1.29 is 0 Å². The molecule has 11 aromatic rings. The molecule has 0 N–H and O–H groups in total. The van der Waals surface area contributed by atoms with Crippen molar-refractivity contribution in [3.63, 3.8) is 0 Å². The predicted octanol–water partition coefficient (Wildman–Crippen LogP) is 13.2. The molecule has 0 atom stereocenters. The summed E-state index contributed by atoms with van der Waals surface area (Å²) in [5.41, 5.74) is 9.78. The maximum atomic E-state index is 5.37. The average Bonchev–Trinajstić information content (AvgIpc) is 3.58. The zero-order valence-corrected chi connectivity index (χ0v) is 28.7. The molecule has 0 saturated heterocycles. The highest BCUT2D eigenvalue weighted by molar-refractivity contribution is 6.29. The van der Waals surface area contributed by atoms with E-state index in [0.717, 1.165) is 49.7 Å². The van der Waals surface area contributed by atoms with E-state index < -0.39 is 0 Å². The van der Waals surface area contributed by atoms with Crippen LogP contribution in [0.3, 0.4) is 0 Å². The summed E-state index contributed by atoms with van der Waals surface area (Å²) in [4.78, 5) is 10.6. The number of para-hydroxylation sites is 1. The van der Waals surface area contributed by atoms with Crippen LogP contribution in [0.25, 0.3) is 104 Å². The summed E-state index contributed by atoms with van der Waals surface area (Å²) < 4.78 is 2.46. The second-order valence-corrected chi connectivity index (χ2v) is 13.7. The van der Waals surface area contributed by atoms with E-state index in [4.69, 9.17) is 9.97 Å². The Morgan fingerprint density at radius 2 is 0.925 bits per heavy atom. The van der Waals surface area contributed by atoms with Gasteiger partial charge in [-0.1, -0.05) is 152 Å². The zero-order chi connectivity index (χ0) is 34.9. The Bertz CT molecular complexity index is 3140. The van der Waals surface area contributed by atoms with Gasteiger partial charge in [0.15, 0.2) is 5.82 Å². The molecule has 9 aromatic carbocycles. The topological polar surface area (TPSA) is 30.7 Å². The standard InChI is InChI=1S/C50H31N3/c1-2-13-32(14-3-1)35-17-12-18-36(31-35)49-42-23-10-11-24-43(42)51-50(52-49)41-27-30-44(40-22-9-8-21-39(40)41)53-45-28-25-33-15-4-6-19-37(33)47(45)48-38-20-7-5-16-34(38)26-29-46(48)53/h1-31H. The Labute approximate surface area is 306 Å². The molecule has 0 aliphatic heterocycles. The first-order chi connectivity index (χ1) is 26.3. The van der Waals surface area contributed by atoms with Crippen LogP contribution in [0.1, 0.15) is 0 Å². The molecular formula is C50H31N3. The molecule has 11 rings (SSSR count). The number of hydrogen-bond donors (Lipinski definition) is 0. The molecule has 0 fully saturated rings. The normalized spacial score (nSPS) is 11.8. The van der Waals surface area contributed by atoms with Gasteiger partial charge in [-0.05, 0) is 74.5 Å². The van der Waals surface area contributed by atoms with Crippen molar-refractivity contribution in [3.8, 4) is 39.5 Å². The highest BCUT2D eigenvalue weighted by Crippen LogP contribution is 2.43. The van der Waals surface area contributed by atoms with Crippen LogP contribution in [0.5, 0.6) is 0 Å². The van der Waals surface area contributed by atoms with Crippen LogP contribution >= 0.6 is 0 Å². The quantitative estimate of drug-likeness (QED) is 0.186. The summed E-state index contributed by atoms with van der Waals surface area (Å²) in [7, 11) is 0. The van der Waals surface area contributed by atoms with Gasteiger partial charge in [0.1, 0.15) is 0 Å². The summed E-state index contributed by atoms with van der Waals surface area (Å²) >= 11 is 0. The average molecular weight is 674 g/mol. The summed E-state index contributed by atoms with van der Waals surface area (Å²) in [6.45, 7) is 0. The van der Waals surface area contributed by atoms with Gasteiger partial charge in [0.25, 0.3) is 0 Å². The third kappa shape index (κ3) is 4.61. The van der Waals surface area contributed by atoms with Gasteiger partial charge in [-0.15, -0.1) is 0 Å². The lowest BCUT2D eigenvalue weighted by Crippen LogP contribution is -1.99. The molecule has 0 saturated carbocycles. The van der Waals surface area contributed by atoms with Crippen molar-refractivity contribution in [1.82, 2.24) is 14.5 Å². The van der Waals surface area contributed by atoms with Gasteiger partial charge < -0.3 is 4.57 Å². The minimum Gasteiger partial charge on any atom is -0.309 e. The van der Waals surface area contributed by atoms with E-state index in [1.54, 1.807) is 0 Å². The van der Waals surface area contributed by atoms with E-state index in [1.165, 1.54) is 48.9 Å². The minimum absolute atomic E-state index is 0.714. The smallest absolute Gasteiger partial charge is 0.161 e. The lowest BCUT2D eigenvalue weighted by molar-refractivity contribution is 1.19. The lowest BCUT2D eigenvalue weighted by Gasteiger charge is -2.16. The second-order valence-electron chi connectivity index (χ2n) is 13.7. The Balaban J connectivity index is 1.17. The van der Waals surface area contributed by atoms with Crippen molar-refractivity contribution in [2.75, 3.05) is 0 Å². The van der Waals surface area contributed by atoms with Crippen molar-refractivity contribution in [2.45, 2.75) is 0 Å². The molecule has 2 aromatic heterocycles. The van der Waals surface area contributed by atoms with E-state index in [1.807, 2.05) is 0 Å². The van der Waals surface area contributed by atoms with Gasteiger partial charge in [0.05, 0.1) is 27.9 Å². The first-order valence-corrected chi connectivity index (χ1v) is 18.1. The van der Waals surface area contributed by atoms with Gasteiger partial charge in [-0.3, -0.25) is 0 Å². The van der Waals surface area contributed by atoms with Gasteiger partial charge in [-0.2, -0.15) is 0 Å². The molecule has 0 radical (unpaired) electrons. The lowest BCUT2D eigenvalue weighted by atomic mass is 9.98. The highest BCUT2D eigenvalue weighted by Gasteiger charge is 2.20. The van der Waals surface area contributed by atoms with Crippen LogP contribution < -0.4 is 0 Å². The van der Waals surface area contributed by atoms with Crippen LogP contribution in [-0.2, 0) is 0 Å². The molecule has 0 bridgehead atoms. The maximum Gasteiger partial charge on any atom is 0.161 e. The second kappa shape index (κ2) is 11.7. The van der Waals surface area contributed by atoms with Crippen molar-refractivity contribution in [1.29, 1.82) is 0 Å². The molecule has 246 valence electrons. The summed E-state index contributed by atoms with van der Waals surface area (Å²) in [5, 5.41) is 10.9. The molecule has 3 nitrogen and oxygen atoms in total. The minimum atomic E-state index is 0.714. The number of hydrogen-bond acceptors (Lipinski definition) is 2. The third-order valence-electron chi connectivity index (χ3n) is 10.8. The summed E-state index contributed by atoms with van der Waals surface area (Å²) in [6.07, 6.45) is 0. The van der Waals surface area contributed by atoms with Crippen molar-refractivity contribution >= 4 is 65.0 Å². The van der Waals surface area contributed by atoms with Gasteiger partial charge in [0.2, 0.25) is 0 Å². The maximum absolute atomic E-state index is 5.37. The van der Waals surface area contributed by atoms with Crippen LogP contribution in [0.15, 0.2) is 188 Å². The number of fused-ring (bicyclic) bond motifs is 9. The monoisotopic (exact) mass is 673 g/mol. The van der Waals surface area contributed by atoms with Crippen molar-refractivity contribution in [2.24, 2.45) is 0 Å². The molecule has 0 unspecified atom stereocenters. The largest absolute Gasteiger partial charge is 0.309 e. The number of rotatable bonds is 4. The number of benzene rings is 9. The molecule has 0 aliphatic carbocycles. The predicted molar refractivity (Wildman–Crippen MR) is 223 cm³/mol. The van der Waals surface area contributed by atoms with Crippen LogP contribution in [0.4, 0.5) is 0 Å². The molecule has 53 heavy (non-hydrogen) atoms. The molecule has 3 heteroatoms. The number of nitrogens with zero attached hydrogens (tertiary/aromatic N) is 3. The number of aromatic nitrogens is 3. The van der Waals surface area contributed by atoms with Gasteiger partial charge in [-0.25, -0.2) is 9.97 Å². The molecule has 0 amide bonds. The van der Waals surface area contributed by atoms with E-state index in [9.17, 15) is 0 Å². The fourth-order valence-corrected chi connectivity index (χ4v) is 8.37. The Kier molecular flexibility index (Phi) is 6.55. The fourth-order valence-electron chi connectivity index (χ4n) is 8.37. The van der Waals surface area contributed by atoms with E-state index in [0.29, 0.717) is 5.82 Å². The van der Waals surface area contributed by atoms with Crippen molar-refractivity contribution in [3.05, 3.63) is 188 Å². The SMILES string of the molecule is c1ccc(-c2cccc(-c3nc(-c4ccc(-n5c6ccc7ccccc7c6c6c7ccccc7ccc65)c5ccccc45)nc4ccccc34)c2)cc1. The highest BCUT2D eigenvalue weighted by atomic mass is 15.0. The fraction of sp³-hybridized carbons (Fsp3) is 0. The third-order valence-corrected chi connectivity index (χ3v) is 10.8. The van der Waals surface area contributed by atoms with Gasteiger partial charge in [0, 0.05) is 32.7 Å².